The van der Waals surface area contributed by atoms with E-state index in [0.29, 0.717) is 6.42 Å². The summed E-state index contributed by atoms with van der Waals surface area (Å²) in [6.45, 7) is 1.80. The summed E-state index contributed by atoms with van der Waals surface area (Å²) < 4.78 is 0. The molecule has 1 atom stereocenters. The van der Waals surface area contributed by atoms with E-state index in [1.165, 1.54) is 6.21 Å². The second kappa shape index (κ2) is 6.45. The van der Waals surface area contributed by atoms with Gasteiger partial charge in [-0.15, -0.1) is 12.4 Å². The second-order valence-corrected chi connectivity index (χ2v) is 1.47. The van der Waals surface area contributed by atoms with Gasteiger partial charge < -0.3 is 5.41 Å². The molecule has 46 valence electrons. The van der Waals surface area contributed by atoms with Gasteiger partial charge in [0.2, 0.25) is 0 Å². The zero-order valence-electron chi connectivity index (χ0n) is 4.72. The van der Waals surface area contributed by atoms with Gasteiger partial charge in [0.25, 0.3) is 0 Å². The minimum Gasteiger partial charge on any atom is -0.313 e. The number of nitriles is 1. The number of hydrogen-bond acceptors (Lipinski definition) is 2. The molecular formula is C5H9ClN2. The number of nitrogens with zero attached hydrogens (tertiary/aromatic N) is 1. The molecule has 8 heavy (non-hydrogen) atoms. The summed E-state index contributed by atoms with van der Waals surface area (Å²) >= 11 is 0. The Morgan fingerprint density at radius 2 is 2.38 bits per heavy atom. The third-order valence-electron chi connectivity index (χ3n) is 0.692. The van der Waals surface area contributed by atoms with Gasteiger partial charge in [0.1, 0.15) is 0 Å². The highest BCUT2D eigenvalue weighted by atomic mass is 35.5. The number of hydrogen-bond donors (Lipinski definition) is 1. The standard InChI is InChI=1S/C5H8N2.ClH/c1-5(4-7)2-3-6;/h3,5-6H,2H2,1H3;1H. The lowest BCUT2D eigenvalue weighted by Crippen LogP contribution is -1.87. The van der Waals surface area contributed by atoms with Crippen molar-refractivity contribution in [3.05, 3.63) is 0 Å². The first-order valence-corrected chi connectivity index (χ1v) is 2.19. The summed E-state index contributed by atoms with van der Waals surface area (Å²) in [6, 6.07) is 2.01. The molecule has 0 aliphatic carbocycles. The van der Waals surface area contributed by atoms with E-state index >= 15 is 0 Å². The summed E-state index contributed by atoms with van der Waals surface area (Å²) in [5, 5.41) is 14.7. The molecule has 0 amide bonds. The van der Waals surface area contributed by atoms with Crippen molar-refractivity contribution in [1.82, 2.24) is 0 Å². The molecule has 0 rings (SSSR count). The topological polar surface area (TPSA) is 47.6 Å². The van der Waals surface area contributed by atoms with Crippen molar-refractivity contribution in [1.29, 1.82) is 10.7 Å². The molecule has 0 saturated heterocycles. The molecule has 2 nitrogen and oxygen atoms in total. The number of nitrogens with one attached hydrogen (secondary N) is 1. The predicted molar refractivity (Wildman–Crippen MR) is 35.4 cm³/mol. The van der Waals surface area contributed by atoms with Crippen LogP contribution in [0, 0.1) is 22.7 Å². The Morgan fingerprint density at radius 3 is 2.50 bits per heavy atom. The molecule has 0 saturated carbocycles. The lowest BCUT2D eigenvalue weighted by Gasteiger charge is -1.88. The highest BCUT2D eigenvalue weighted by Gasteiger charge is 1.91. The largest absolute Gasteiger partial charge is 0.313 e. The average molecular weight is 133 g/mol. The molecule has 0 aliphatic heterocycles. The monoisotopic (exact) mass is 132 g/mol. The normalized spacial score (nSPS) is 10.5. The second-order valence-electron chi connectivity index (χ2n) is 1.47. The molecule has 0 aromatic carbocycles. The van der Waals surface area contributed by atoms with Gasteiger partial charge in [-0.25, -0.2) is 0 Å². The zero-order valence-corrected chi connectivity index (χ0v) is 5.53. The van der Waals surface area contributed by atoms with Gasteiger partial charge in [0.05, 0.1) is 6.07 Å². The van der Waals surface area contributed by atoms with Gasteiger partial charge in [-0.2, -0.15) is 5.26 Å². The average Bonchev–Trinajstić information content (AvgIpc) is 1.68. The Balaban J connectivity index is 0. The van der Waals surface area contributed by atoms with Crippen LogP contribution >= 0.6 is 12.4 Å². The fourth-order valence-corrected chi connectivity index (χ4v) is 0.229. The van der Waals surface area contributed by atoms with E-state index in [4.69, 9.17) is 10.7 Å². The molecule has 0 spiro atoms. The highest BCUT2D eigenvalue weighted by molar-refractivity contribution is 5.85. The van der Waals surface area contributed by atoms with Gasteiger partial charge in [-0.3, -0.25) is 0 Å². The summed E-state index contributed by atoms with van der Waals surface area (Å²) in [5.41, 5.74) is 0. The number of halogens is 1. The van der Waals surface area contributed by atoms with Gasteiger partial charge in [-0.1, -0.05) is 0 Å². The Kier molecular flexibility index (Phi) is 8.41. The Hall–Kier alpha value is -0.550. The van der Waals surface area contributed by atoms with Crippen molar-refractivity contribution in [2.45, 2.75) is 13.3 Å². The van der Waals surface area contributed by atoms with Crippen molar-refractivity contribution in [3.8, 4) is 6.07 Å². The zero-order chi connectivity index (χ0) is 5.70. The molecular weight excluding hydrogens is 124 g/mol. The summed E-state index contributed by atoms with van der Waals surface area (Å²) in [7, 11) is 0. The van der Waals surface area contributed by atoms with Crippen LogP contribution in [0.5, 0.6) is 0 Å². The van der Waals surface area contributed by atoms with Crippen LogP contribution in [0.1, 0.15) is 13.3 Å². The van der Waals surface area contributed by atoms with Crippen LogP contribution in [-0.4, -0.2) is 6.21 Å². The molecule has 1 unspecified atom stereocenters. The van der Waals surface area contributed by atoms with Gasteiger partial charge in [0.15, 0.2) is 0 Å². The smallest absolute Gasteiger partial charge is 0.0656 e. The van der Waals surface area contributed by atoms with E-state index in [0.717, 1.165) is 0 Å². The van der Waals surface area contributed by atoms with Gasteiger partial charge >= 0.3 is 0 Å². The predicted octanol–water partition coefficient (Wildman–Crippen LogP) is 1.61. The van der Waals surface area contributed by atoms with Crippen molar-refractivity contribution in [3.63, 3.8) is 0 Å². The lowest BCUT2D eigenvalue weighted by molar-refractivity contribution is 0.792. The van der Waals surface area contributed by atoms with Crippen LogP contribution in [-0.2, 0) is 0 Å². The molecule has 0 fully saturated rings. The van der Waals surface area contributed by atoms with Crippen molar-refractivity contribution < 1.29 is 0 Å². The van der Waals surface area contributed by atoms with E-state index in [9.17, 15) is 0 Å². The third-order valence-corrected chi connectivity index (χ3v) is 0.692. The van der Waals surface area contributed by atoms with Crippen molar-refractivity contribution >= 4 is 18.6 Å². The maximum Gasteiger partial charge on any atom is 0.0656 e. The Morgan fingerprint density at radius 1 is 1.88 bits per heavy atom. The maximum atomic E-state index is 8.11. The first kappa shape index (κ1) is 10.4. The molecule has 0 radical (unpaired) electrons. The Bertz CT molecular complexity index is 95.1. The Labute approximate surface area is 55.4 Å². The molecule has 0 aromatic heterocycles. The summed E-state index contributed by atoms with van der Waals surface area (Å²) in [4.78, 5) is 0. The number of rotatable bonds is 2. The van der Waals surface area contributed by atoms with E-state index in [2.05, 4.69) is 0 Å². The first-order chi connectivity index (χ1) is 3.31. The highest BCUT2D eigenvalue weighted by Crippen LogP contribution is 1.93. The van der Waals surface area contributed by atoms with E-state index in [1.807, 2.05) is 6.07 Å². The SMILES string of the molecule is CC(C#N)CC=N.Cl. The quantitative estimate of drug-likeness (QED) is 0.570. The van der Waals surface area contributed by atoms with E-state index < -0.39 is 0 Å². The minimum absolute atomic E-state index is 0. The van der Waals surface area contributed by atoms with Crippen molar-refractivity contribution in [2.75, 3.05) is 0 Å². The third kappa shape index (κ3) is 5.45. The summed E-state index contributed by atoms with van der Waals surface area (Å²) in [5.74, 6) is 0.0116. The molecule has 0 aliphatic rings. The van der Waals surface area contributed by atoms with Crippen LogP contribution < -0.4 is 0 Å². The van der Waals surface area contributed by atoms with Crippen LogP contribution in [0.15, 0.2) is 0 Å². The maximum absolute atomic E-state index is 8.11. The lowest BCUT2D eigenvalue weighted by atomic mass is 10.1. The molecule has 0 bridgehead atoms. The fraction of sp³-hybridized carbons (Fsp3) is 0.600. The van der Waals surface area contributed by atoms with Gasteiger partial charge in [0, 0.05) is 5.92 Å². The molecule has 1 N–H and O–H groups in total. The van der Waals surface area contributed by atoms with Gasteiger partial charge in [-0.05, 0) is 19.6 Å². The van der Waals surface area contributed by atoms with Crippen LogP contribution in [0.4, 0.5) is 0 Å². The minimum atomic E-state index is 0. The van der Waals surface area contributed by atoms with Crippen molar-refractivity contribution in [2.24, 2.45) is 5.92 Å². The fourth-order valence-electron chi connectivity index (χ4n) is 0.229. The van der Waals surface area contributed by atoms with Crippen LogP contribution in [0.3, 0.4) is 0 Å². The molecule has 0 heterocycles. The van der Waals surface area contributed by atoms with E-state index in [1.54, 1.807) is 6.92 Å². The first-order valence-electron chi connectivity index (χ1n) is 2.19. The summed E-state index contributed by atoms with van der Waals surface area (Å²) in [6.07, 6.45) is 1.84. The molecule has 3 heteroatoms. The molecule has 0 aromatic rings. The van der Waals surface area contributed by atoms with E-state index in [-0.39, 0.29) is 18.3 Å². The van der Waals surface area contributed by atoms with Crippen LogP contribution in [0.25, 0.3) is 0 Å². The van der Waals surface area contributed by atoms with Crippen LogP contribution in [0.2, 0.25) is 0 Å².